The molecule has 186 valence electrons. The molecular weight excluding hydrogens is 454 g/mol. The number of phenols is 1. The van der Waals surface area contributed by atoms with Crippen LogP contribution in [0.1, 0.15) is 21.5 Å². The third-order valence-electron chi connectivity index (χ3n) is 6.16. The molecule has 3 aromatic carbocycles. The van der Waals surface area contributed by atoms with Crippen molar-refractivity contribution in [2.24, 2.45) is 0 Å². The summed E-state index contributed by atoms with van der Waals surface area (Å²) in [7, 11) is 3.93. The Labute approximate surface area is 211 Å². The minimum absolute atomic E-state index is 0.144. The molecule has 0 unspecified atom stereocenters. The normalized spacial score (nSPS) is 14.1. The van der Waals surface area contributed by atoms with Crippen molar-refractivity contribution in [2.45, 2.75) is 6.54 Å². The van der Waals surface area contributed by atoms with Crippen molar-refractivity contribution >= 4 is 23.6 Å². The van der Waals surface area contributed by atoms with E-state index in [1.54, 1.807) is 11.0 Å². The van der Waals surface area contributed by atoms with Gasteiger partial charge in [0.05, 0.1) is 5.56 Å². The number of hydrogen-bond acceptors (Lipinski definition) is 6. The fraction of sp³-hybridized carbons (Fsp3) is 0.241. The van der Waals surface area contributed by atoms with Crippen LogP contribution >= 0.6 is 0 Å². The summed E-state index contributed by atoms with van der Waals surface area (Å²) in [6.45, 7) is 3.49. The van der Waals surface area contributed by atoms with Gasteiger partial charge >= 0.3 is 6.09 Å². The highest BCUT2D eigenvalue weighted by Gasteiger charge is 2.23. The van der Waals surface area contributed by atoms with E-state index in [2.05, 4.69) is 17.0 Å². The van der Waals surface area contributed by atoms with Gasteiger partial charge in [0, 0.05) is 58.6 Å². The Morgan fingerprint density at radius 1 is 0.944 bits per heavy atom. The lowest BCUT2D eigenvalue weighted by Crippen LogP contribution is -2.49. The van der Waals surface area contributed by atoms with Gasteiger partial charge in [-0.25, -0.2) is 4.79 Å². The molecule has 36 heavy (non-hydrogen) atoms. The van der Waals surface area contributed by atoms with Gasteiger partial charge in [-0.05, 0) is 41.5 Å². The van der Waals surface area contributed by atoms with E-state index >= 15 is 0 Å². The maximum absolute atomic E-state index is 12.6. The first-order valence-electron chi connectivity index (χ1n) is 11.9. The quantitative estimate of drug-likeness (QED) is 0.387. The monoisotopic (exact) mass is 485 g/mol. The summed E-state index contributed by atoms with van der Waals surface area (Å²) >= 11 is 0. The number of aromatic hydroxyl groups is 1. The van der Waals surface area contributed by atoms with E-state index in [0.29, 0.717) is 13.1 Å². The topological polar surface area (TPSA) is 73.3 Å². The zero-order valence-electron chi connectivity index (χ0n) is 20.6. The number of nitrogens with zero attached hydrogens (tertiary/aromatic N) is 3. The van der Waals surface area contributed by atoms with Crippen molar-refractivity contribution in [2.75, 3.05) is 45.2 Å². The molecule has 7 heteroatoms. The summed E-state index contributed by atoms with van der Waals surface area (Å²) in [6, 6.07) is 22.3. The number of ether oxygens (including phenoxy) is 1. The van der Waals surface area contributed by atoms with Crippen molar-refractivity contribution in [1.82, 2.24) is 9.80 Å². The molecule has 0 radical (unpaired) electrons. The second kappa shape index (κ2) is 11.6. The van der Waals surface area contributed by atoms with Crippen LogP contribution in [-0.4, -0.2) is 67.1 Å². The maximum atomic E-state index is 12.6. The van der Waals surface area contributed by atoms with Crippen LogP contribution in [0, 0.1) is 0 Å². The number of anilines is 1. The molecule has 0 atom stereocenters. The fourth-order valence-corrected chi connectivity index (χ4v) is 4.02. The van der Waals surface area contributed by atoms with E-state index in [1.165, 1.54) is 29.8 Å². The number of allylic oxidation sites excluding steroid dienone is 1. The van der Waals surface area contributed by atoms with Gasteiger partial charge in [0.15, 0.2) is 5.78 Å². The van der Waals surface area contributed by atoms with Crippen molar-refractivity contribution in [3.63, 3.8) is 0 Å². The Morgan fingerprint density at radius 2 is 1.64 bits per heavy atom. The number of carbonyl (C=O) groups excluding carboxylic acids is 2. The van der Waals surface area contributed by atoms with Crippen LogP contribution in [0.5, 0.6) is 11.5 Å². The molecule has 7 nitrogen and oxygen atoms in total. The van der Waals surface area contributed by atoms with E-state index in [4.69, 9.17) is 4.74 Å². The molecule has 1 aliphatic heterocycles. The molecule has 1 aliphatic rings. The van der Waals surface area contributed by atoms with E-state index in [9.17, 15) is 14.7 Å². The summed E-state index contributed by atoms with van der Waals surface area (Å²) < 4.78 is 5.46. The fourth-order valence-electron chi connectivity index (χ4n) is 4.02. The van der Waals surface area contributed by atoms with Gasteiger partial charge in [0.2, 0.25) is 0 Å². The van der Waals surface area contributed by atoms with Crippen LogP contribution in [-0.2, 0) is 6.54 Å². The zero-order valence-corrected chi connectivity index (χ0v) is 20.6. The number of phenolic OH excluding ortho intramolecular Hbond substituents is 1. The Hall–Kier alpha value is -4.10. The summed E-state index contributed by atoms with van der Waals surface area (Å²) in [6.07, 6.45) is 2.65. The molecule has 0 aromatic heterocycles. The van der Waals surface area contributed by atoms with Crippen molar-refractivity contribution < 1.29 is 19.4 Å². The average molecular weight is 486 g/mol. The molecule has 0 aliphatic carbocycles. The molecule has 4 rings (SSSR count). The number of piperazine rings is 1. The first kappa shape index (κ1) is 25.0. The van der Waals surface area contributed by atoms with E-state index in [-0.39, 0.29) is 22.8 Å². The lowest BCUT2D eigenvalue weighted by Gasteiger charge is -2.34. The molecule has 1 saturated heterocycles. The number of amides is 1. The predicted octanol–water partition coefficient (Wildman–Crippen LogP) is 4.67. The van der Waals surface area contributed by atoms with Gasteiger partial charge in [0.25, 0.3) is 0 Å². The van der Waals surface area contributed by atoms with E-state index in [0.717, 1.165) is 30.9 Å². The van der Waals surface area contributed by atoms with Gasteiger partial charge < -0.3 is 19.6 Å². The number of rotatable bonds is 7. The minimum Gasteiger partial charge on any atom is -0.507 e. The number of benzene rings is 3. The summed E-state index contributed by atoms with van der Waals surface area (Å²) in [4.78, 5) is 31.1. The molecule has 1 N–H and O–H groups in total. The SMILES string of the molecule is CN(C)c1ccc(/C=C/C(=O)c2ccc(OC(=O)N3CCN(Cc4ccccc4)CC3)cc2O)cc1. The van der Waals surface area contributed by atoms with Gasteiger partial charge in [0.1, 0.15) is 11.5 Å². The van der Waals surface area contributed by atoms with Crippen LogP contribution < -0.4 is 9.64 Å². The van der Waals surface area contributed by atoms with Crippen LogP contribution in [0.4, 0.5) is 10.5 Å². The highest BCUT2D eigenvalue weighted by atomic mass is 16.6. The van der Waals surface area contributed by atoms with Gasteiger partial charge in [-0.3, -0.25) is 9.69 Å². The maximum Gasteiger partial charge on any atom is 0.415 e. The van der Waals surface area contributed by atoms with Crippen LogP contribution in [0.15, 0.2) is 78.9 Å². The third-order valence-corrected chi connectivity index (χ3v) is 6.16. The largest absolute Gasteiger partial charge is 0.507 e. The number of ketones is 1. The summed E-state index contributed by atoms with van der Waals surface area (Å²) in [5.41, 5.74) is 3.33. The van der Waals surface area contributed by atoms with E-state index in [1.807, 2.05) is 61.5 Å². The van der Waals surface area contributed by atoms with Crippen molar-refractivity contribution in [3.8, 4) is 11.5 Å². The minimum atomic E-state index is -0.464. The number of hydrogen-bond donors (Lipinski definition) is 1. The van der Waals surface area contributed by atoms with Gasteiger partial charge in [-0.2, -0.15) is 0 Å². The smallest absolute Gasteiger partial charge is 0.415 e. The Bertz CT molecular complexity index is 1220. The van der Waals surface area contributed by atoms with Crippen LogP contribution in [0.2, 0.25) is 0 Å². The van der Waals surface area contributed by atoms with Crippen LogP contribution in [0.3, 0.4) is 0 Å². The highest BCUT2D eigenvalue weighted by molar-refractivity contribution is 6.08. The Kier molecular flexibility index (Phi) is 8.02. The Morgan fingerprint density at radius 3 is 2.28 bits per heavy atom. The van der Waals surface area contributed by atoms with Crippen molar-refractivity contribution in [1.29, 1.82) is 0 Å². The van der Waals surface area contributed by atoms with Gasteiger partial charge in [-0.1, -0.05) is 48.5 Å². The third kappa shape index (κ3) is 6.52. The molecule has 0 saturated carbocycles. The molecule has 0 bridgehead atoms. The standard InChI is InChI=1S/C29H31N3O4/c1-30(2)24-11-8-22(9-12-24)10-15-27(33)26-14-13-25(20-28(26)34)36-29(35)32-18-16-31(17-19-32)21-23-6-4-3-5-7-23/h3-15,20,34H,16-19,21H2,1-2H3/b15-10+. The first-order valence-corrected chi connectivity index (χ1v) is 11.9. The van der Waals surface area contributed by atoms with Crippen molar-refractivity contribution in [3.05, 3.63) is 95.6 Å². The average Bonchev–Trinajstić information content (AvgIpc) is 2.88. The number of carbonyl (C=O) groups is 2. The summed E-state index contributed by atoms with van der Waals surface area (Å²) in [5, 5.41) is 10.4. The second-order valence-electron chi connectivity index (χ2n) is 8.98. The lowest BCUT2D eigenvalue weighted by molar-refractivity contribution is 0.104. The second-order valence-corrected chi connectivity index (χ2v) is 8.98. The van der Waals surface area contributed by atoms with Crippen LogP contribution in [0.25, 0.3) is 6.08 Å². The molecule has 0 spiro atoms. The highest BCUT2D eigenvalue weighted by Crippen LogP contribution is 2.25. The van der Waals surface area contributed by atoms with Gasteiger partial charge in [-0.15, -0.1) is 0 Å². The lowest BCUT2D eigenvalue weighted by atomic mass is 10.1. The first-order chi connectivity index (χ1) is 17.4. The molecule has 1 amide bonds. The molecule has 3 aromatic rings. The zero-order chi connectivity index (χ0) is 25.5. The van der Waals surface area contributed by atoms with E-state index < -0.39 is 6.09 Å². The molecule has 1 heterocycles. The molecule has 1 fully saturated rings. The predicted molar refractivity (Wildman–Crippen MR) is 142 cm³/mol. The Balaban J connectivity index is 1.30. The molecular formula is C29H31N3O4. The summed E-state index contributed by atoms with van der Waals surface area (Å²) in [5.74, 6) is -0.369.